The summed E-state index contributed by atoms with van der Waals surface area (Å²) < 4.78 is 7.58. The maximum atomic E-state index is 5.59. The van der Waals surface area contributed by atoms with Gasteiger partial charge in [-0.2, -0.15) is 0 Å². The molecule has 0 saturated carbocycles. The molecule has 0 saturated heterocycles. The van der Waals surface area contributed by atoms with Crippen LogP contribution in [0.2, 0.25) is 0 Å². The zero-order chi connectivity index (χ0) is 12.4. The molecule has 92 valence electrons. The predicted octanol–water partition coefficient (Wildman–Crippen LogP) is 2.39. The monoisotopic (exact) mass is 232 g/mol. The van der Waals surface area contributed by atoms with Crippen molar-refractivity contribution in [3.05, 3.63) is 29.5 Å². The first-order chi connectivity index (χ1) is 8.19. The molecule has 2 aromatic rings. The molecule has 0 amide bonds. The molecule has 0 fully saturated rings. The Hall–Kier alpha value is -1.48. The number of ether oxygens (including phenoxy) is 1. The number of rotatable bonds is 4. The van der Waals surface area contributed by atoms with Crippen molar-refractivity contribution < 1.29 is 4.74 Å². The third kappa shape index (κ3) is 2.03. The van der Waals surface area contributed by atoms with Gasteiger partial charge in [0.25, 0.3) is 0 Å². The highest BCUT2D eigenvalue weighted by atomic mass is 16.5. The summed E-state index contributed by atoms with van der Waals surface area (Å²) in [6.07, 6.45) is 4.24. The van der Waals surface area contributed by atoms with E-state index >= 15 is 0 Å². The fourth-order valence-electron chi connectivity index (χ4n) is 2.44. The Labute approximate surface area is 102 Å². The summed E-state index contributed by atoms with van der Waals surface area (Å²) in [6, 6.07) is 4.15. The Balaban J connectivity index is 2.63. The minimum atomic E-state index is 0.736. The fourth-order valence-corrected chi connectivity index (χ4v) is 2.44. The lowest BCUT2D eigenvalue weighted by molar-refractivity contribution is 0.418. The number of aromatic nitrogens is 1. The second-order valence-corrected chi connectivity index (χ2v) is 4.47. The van der Waals surface area contributed by atoms with Crippen molar-refractivity contribution in [2.24, 2.45) is 12.8 Å². The second kappa shape index (κ2) is 4.80. The van der Waals surface area contributed by atoms with Gasteiger partial charge in [0.05, 0.1) is 12.6 Å². The van der Waals surface area contributed by atoms with E-state index in [-0.39, 0.29) is 0 Å². The molecule has 0 aliphatic carbocycles. The van der Waals surface area contributed by atoms with Crippen LogP contribution in [-0.4, -0.2) is 18.2 Å². The molecule has 0 spiro atoms. The number of methoxy groups -OCH3 is 1. The van der Waals surface area contributed by atoms with E-state index in [1.807, 2.05) is 6.07 Å². The standard InChI is InChI=1S/C14H20N2O/c1-10-6-7-12(17-3)14-13(10)11(5-4-8-15)9-16(14)2/h6-7,9H,4-5,8,15H2,1-3H3. The number of nitrogens with zero attached hydrogens (tertiary/aromatic N) is 1. The predicted molar refractivity (Wildman–Crippen MR) is 71.6 cm³/mol. The van der Waals surface area contributed by atoms with E-state index in [2.05, 4.69) is 30.8 Å². The average Bonchev–Trinajstić information content (AvgIpc) is 2.66. The molecule has 3 nitrogen and oxygen atoms in total. The van der Waals surface area contributed by atoms with E-state index in [0.29, 0.717) is 0 Å². The van der Waals surface area contributed by atoms with Crippen LogP contribution in [0.5, 0.6) is 5.75 Å². The van der Waals surface area contributed by atoms with E-state index in [1.165, 1.54) is 22.0 Å². The van der Waals surface area contributed by atoms with Gasteiger partial charge in [-0.25, -0.2) is 0 Å². The maximum Gasteiger partial charge on any atom is 0.143 e. The van der Waals surface area contributed by atoms with E-state index < -0.39 is 0 Å². The topological polar surface area (TPSA) is 40.2 Å². The zero-order valence-electron chi connectivity index (χ0n) is 10.8. The van der Waals surface area contributed by atoms with Crippen molar-refractivity contribution in [3.63, 3.8) is 0 Å². The lowest BCUT2D eigenvalue weighted by Crippen LogP contribution is -2.00. The molecular weight excluding hydrogens is 212 g/mol. The minimum Gasteiger partial charge on any atom is -0.495 e. The Morgan fingerprint density at radius 1 is 1.35 bits per heavy atom. The van der Waals surface area contributed by atoms with Crippen molar-refractivity contribution in [3.8, 4) is 5.75 Å². The third-order valence-corrected chi connectivity index (χ3v) is 3.24. The Bertz CT molecular complexity index is 528. The van der Waals surface area contributed by atoms with Gasteiger partial charge in [-0.3, -0.25) is 0 Å². The van der Waals surface area contributed by atoms with E-state index in [1.54, 1.807) is 7.11 Å². The summed E-state index contributed by atoms with van der Waals surface area (Å²) in [6.45, 7) is 2.88. The third-order valence-electron chi connectivity index (χ3n) is 3.24. The summed E-state index contributed by atoms with van der Waals surface area (Å²) in [7, 11) is 3.78. The number of fused-ring (bicyclic) bond motifs is 1. The molecule has 3 heteroatoms. The average molecular weight is 232 g/mol. The van der Waals surface area contributed by atoms with Gasteiger partial charge in [0.2, 0.25) is 0 Å². The van der Waals surface area contributed by atoms with Gasteiger partial charge in [-0.05, 0) is 43.5 Å². The van der Waals surface area contributed by atoms with E-state index in [4.69, 9.17) is 10.5 Å². The van der Waals surface area contributed by atoms with Crippen LogP contribution in [0.1, 0.15) is 17.5 Å². The second-order valence-electron chi connectivity index (χ2n) is 4.47. The van der Waals surface area contributed by atoms with Gasteiger partial charge in [0.15, 0.2) is 0 Å². The number of nitrogens with two attached hydrogens (primary N) is 1. The van der Waals surface area contributed by atoms with Gasteiger partial charge < -0.3 is 15.0 Å². The van der Waals surface area contributed by atoms with Crippen molar-refractivity contribution in [1.29, 1.82) is 0 Å². The van der Waals surface area contributed by atoms with Gasteiger partial charge in [-0.1, -0.05) is 6.07 Å². The quantitative estimate of drug-likeness (QED) is 0.879. The Morgan fingerprint density at radius 2 is 2.12 bits per heavy atom. The SMILES string of the molecule is COc1ccc(C)c2c(CCCN)cn(C)c12. The summed E-state index contributed by atoms with van der Waals surface area (Å²) in [5, 5.41) is 1.32. The molecule has 1 heterocycles. The summed E-state index contributed by atoms with van der Waals surface area (Å²) >= 11 is 0. The van der Waals surface area contributed by atoms with Gasteiger partial charge in [0.1, 0.15) is 5.75 Å². The highest BCUT2D eigenvalue weighted by molar-refractivity contribution is 5.91. The number of hydrogen-bond acceptors (Lipinski definition) is 2. The highest BCUT2D eigenvalue weighted by Gasteiger charge is 2.12. The van der Waals surface area contributed by atoms with Crippen LogP contribution in [0.3, 0.4) is 0 Å². The molecule has 1 aromatic carbocycles. The Kier molecular flexibility index (Phi) is 3.38. The molecule has 2 rings (SSSR count). The first kappa shape index (κ1) is 12.0. The van der Waals surface area contributed by atoms with Crippen LogP contribution in [0.4, 0.5) is 0 Å². The maximum absolute atomic E-state index is 5.59. The van der Waals surface area contributed by atoms with Crippen LogP contribution in [0, 0.1) is 6.92 Å². The fraction of sp³-hybridized carbons (Fsp3) is 0.429. The van der Waals surface area contributed by atoms with Crippen molar-refractivity contribution >= 4 is 10.9 Å². The first-order valence-electron chi connectivity index (χ1n) is 6.00. The normalized spacial score (nSPS) is 11.1. The Morgan fingerprint density at radius 3 is 2.76 bits per heavy atom. The molecule has 0 radical (unpaired) electrons. The van der Waals surface area contributed by atoms with E-state index in [0.717, 1.165) is 25.1 Å². The van der Waals surface area contributed by atoms with Crippen LogP contribution in [0.15, 0.2) is 18.3 Å². The van der Waals surface area contributed by atoms with Crippen LogP contribution in [0.25, 0.3) is 10.9 Å². The molecule has 2 N–H and O–H groups in total. The number of aryl methyl sites for hydroxylation is 3. The largest absolute Gasteiger partial charge is 0.495 e. The zero-order valence-corrected chi connectivity index (χ0v) is 10.8. The molecule has 0 atom stereocenters. The first-order valence-corrected chi connectivity index (χ1v) is 6.00. The molecular formula is C14H20N2O. The molecule has 1 aromatic heterocycles. The summed E-state index contributed by atoms with van der Waals surface area (Å²) in [5.41, 5.74) is 9.43. The molecule has 0 bridgehead atoms. The molecule has 0 aliphatic rings. The number of benzene rings is 1. The van der Waals surface area contributed by atoms with Gasteiger partial charge in [-0.15, -0.1) is 0 Å². The minimum absolute atomic E-state index is 0.736. The van der Waals surface area contributed by atoms with Crippen molar-refractivity contribution in [2.75, 3.05) is 13.7 Å². The summed E-state index contributed by atoms with van der Waals surface area (Å²) in [5.74, 6) is 0.937. The lowest BCUT2D eigenvalue weighted by Gasteiger charge is -2.07. The van der Waals surface area contributed by atoms with Gasteiger partial charge in [0, 0.05) is 18.6 Å². The summed E-state index contributed by atoms with van der Waals surface area (Å²) in [4.78, 5) is 0. The highest BCUT2D eigenvalue weighted by Crippen LogP contribution is 2.32. The molecule has 17 heavy (non-hydrogen) atoms. The van der Waals surface area contributed by atoms with Crippen molar-refractivity contribution in [1.82, 2.24) is 4.57 Å². The van der Waals surface area contributed by atoms with Crippen LogP contribution in [-0.2, 0) is 13.5 Å². The van der Waals surface area contributed by atoms with E-state index in [9.17, 15) is 0 Å². The smallest absolute Gasteiger partial charge is 0.143 e. The van der Waals surface area contributed by atoms with Crippen molar-refractivity contribution in [2.45, 2.75) is 19.8 Å². The molecule has 0 unspecified atom stereocenters. The number of hydrogen-bond donors (Lipinski definition) is 1. The lowest BCUT2D eigenvalue weighted by atomic mass is 10.0. The van der Waals surface area contributed by atoms with Crippen LogP contribution < -0.4 is 10.5 Å². The van der Waals surface area contributed by atoms with Crippen LogP contribution >= 0.6 is 0 Å². The van der Waals surface area contributed by atoms with Gasteiger partial charge >= 0.3 is 0 Å². The molecule has 0 aliphatic heterocycles.